The van der Waals surface area contributed by atoms with Crippen molar-refractivity contribution >= 4 is 19.8 Å². The number of unbranched alkanes of at least 4 members (excludes halogenated alkanes) is 24. The molecule has 8 nitrogen and oxygen atoms in total. The second-order valence-corrected chi connectivity index (χ2v) is 15.2. The molecule has 0 unspecified atom stereocenters. The minimum absolute atomic E-state index is 0.210. The molecule has 0 bridgehead atoms. The summed E-state index contributed by atoms with van der Waals surface area (Å²) in [5.74, 6) is -0.892. The van der Waals surface area contributed by atoms with E-state index in [1.807, 2.05) is 0 Å². The number of phosphoric acid groups is 1. The first-order valence-electron chi connectivity index (χ1n) is 20.6. The molecule has 0 saturated carbocycles. The molecule has 294 valence electrons. The van der Waals surface area contributed by atoms with Crippen LogP contribution in [0.3, 0.4) is 0 Å². The first-order valence-corrected chi connectivity index (χ1v) is 22.2. The van der Waals surface area contributed by atoms with Crippen molar-refractivity contribution in [1.82, 2.24) is 0 Å². The van der Waals surface area contributed by atoms with Gasteiger partial charge in [-0.2, -0.15) is 0 Å². The van der Waals surface area contributed by atoms with Crippen LogP contribution in [0.1, 0.15) is 206 Å². The molecule has 0 aliphatic carbocycles. The van der Waals surface area contributed by atoms with E-state index in [1.165, 1.54) is 116 Å². The van der Waals surface area contributed by atoms with E-state index in [9.17, 15) is 14.2 Å². The van der Waals surface area contributed by atoms with Gasteiger partial charge in [0.2, 0.25) is 0 Å². The Hall–Kier alpha value is -1.47. The van der Waals surface area contributed by atoms with Gasteiger partial charge in [-0.15, -0.1) is 0 Å². The lowest BCUT2D eigenvalue weighted by Gasteiger charge is -2.18. The Morgan fingerprint density at radius 1 is 0.500 bits per heavy atom. The van der Waals surface area contributed by atoms with Gasteiger partial charge in [0.25, 0.3) is 0 Å². The molecule has 0 aromatic carbocycles. The maximum atomic E-state index is 12.4. The monoisotopic (exact) mass is 729 g/mol. The highest BCUT2D eigenvalue weighted by atomic mass is 31.2. The lowest BCUT2D eigenvalue weighted by Crippen LogP contribution is -2.29. The molecule has 50 heavy (non-hydrogen) atoms. The molecule has 0 spiro atoms. The van der Waals surface area contributed by atoms with Crippen molar-refractivity contribution in [2.24, 2.45) is 0 Å². The van der Waals surface area contributed by atoms with Crippen LogP contribution in [0, 0.1) is 0 Å². The van der Waals surface area contributed by atoms with Crippen molar-refractivity contribution in [3.8, 4) is 0 Å². The van der Waals surface area contributed by atoms with Gasteiger partial charge < -0.3 is 19.3 Å². The van der Waals surface area contributed by atoms with Crippen molar-refractivity contribution in [3.63, 3.8) is 0 Å². The van der Waals surface area contributed by atoms with E-state index in [-0.39, 0.29) is 19.4 Å². The first-order chi connectivity index (χ1) is 24.3. The minimum Gasteiger partial charge on any atom is -0.462 e. The topological polar surface area (TPSA) is 119 Å². The molecule has 0 amide bonds. The zero-order valence-electron chi connectivity index (χ0n) is 32.3. The Labute approximate surface area is 307 Å². The minimum atomic E-state index is -4.75. The van der Waals surface area contributed by atoms with Crippen molar-refractivity contribution in [1.29, 1.82) is 0 Å². The number of rotatable bonds is 38. The van der Waals surface area contributed by atoms with Crippen LogP contribution in [-0.4, -0.2) is 41.0 Å². The maximum Gasteiger partial charge on any atom is 0.469 e. The number of phosphoric ester groups is 1. The number of hydrogen-bond donors (Lipinski definition) is 2. The van der Waals surface area contributed by atoms with E-state index in [2.05, 4.69) is 42.7 Å². The molecule has 0 aromatic heterocycles. The quantitative estimate of drug-likeness (QED) is 0.0279. The van der Waals surface area contributed by atoms with E-state index in [0.717, 1.165) is 51.4 Å². The lowest BCUT2D eigenvalue weighted by molar-refractivity contribution is -0.161. The zero-order chi connectivity index (χ0) is 36.8. The van der Waals surface area contributed by atoms with Crippen molar-refractivity contribution < 1.29 is 37.9 Å². The Morgan fingerprint density at radius 2 is 0.840 bits per heavy atom. The predicted molar refractivity (Wildman–Crippen MR) is 207 cm³/mol. The number of hydrogen-bond acceptors (Lipinski definition) is 6. The third-order valence-electron chi connectivity index (χ3n) is 8.94. The second kappa shape index (κ2) is 37.3. The summed E-state index contributed by atoms with van der Waals surface area (Å²) in [7, 11) is -4.75. The summed E-state index contributed by atoms with van der Waals surface area (Å²) in [6.07, 6.45) is 41.8. The van der Waals surface area contributed by atoms with Crippen LogP contribution in [0.15, 0.2) is 24.3 Å². The van der Waals surface area contributed by atoms with Crippen LogP contribution in [0.4, 0.5) is 0 Å². The van der Waals surface area contributed by atoms with Gasteiger partial charge in [-0.1, -0.05) is 154 Å². The summed E-state index contributed by atoms with van der Waals surface area (Å²) >= 11 is 0. The Morgan fingerprint density at radius 3 is 1.24 bits per heavy atom. The van der Waals surface area contributed by atoms with E-state index in [4.69, 9.17) is 19.3 Å². The average Bonchev–Trinajstić information content (AvgIpc) is 3.08. The Kier molecular flexibility index (Phi) is 36.2. The molecule has 0 heterocycles. The van der Waals surface area contributed by atoms with Gasteiger partial charge in [0.15, 0.2) is 6.10 Å². The third kappa shape index (κ3) is 39.3. The number of carbonyl (C=O) groups excluding carboxylic acids is 2. The summed E-state index contributed by atoms with van der Waals surface area (Å²) in [5, 5.41) is 0. The van der Waals surface area contributed by atoms with E-state index < -0.39 is 32.5 Å². The molecule has 0 rings (SSSR count). The van der Waals surface area contributed by atoms with Crippen molar-refractivity contribution in [3.05, 3.63) is 24.3 Å². The summed E-state index contributed by atoms with van der Waals surface area (Å²) in [4.78, 5) is 42.8. The fourth-order valence-corrected chi connectivity index (χ4v) is 6.19. The summed E-state index contributed by atoms with van der Waals surface area (Å²) in [5.41, 5.74) is 0. The Bertz CT molecular complexity index is 869. The molecule has 0 aliphatic rings. The maximum absolute atomic E-state index is 12.4. The van der Waals surface area contributed by atoms with Crippen LogP contribution in [0.2, 0.25) is 0 Å². The molecule has 0 radical (unpaired) electrons. The van der Waals surface area contributed by atoms with Gasteiger partial charge >= 0.3 is 19.8 Å². The third-order valence-corrected chi connectivity index (χ3v) is 9.43. The highest BCUT2D eigenvalue weighted by Gasteiger charge is 2.22. The van der Waals surface area contributed by atoms with Crippen LogP contribution in [-0.2, 0) is 28.2 Å². The van der Waals surface area contributed by atoms with Crippen molar-refractivity contribution in [2.75, 3.05) is 13.2 Å². The van der Waals surface area contributed by atoms with Crippen LogP contribution < -0.4 is 0 Å². The second-order valence-electron chi connectivity index (χ2n) is 14.0. The summed E-state index contributed by atoms with van der Waals surface area (Å²) in [6, 6.07) is 0. The predicted octanol–water partition coefficient (Wildman–Crippen LogP) is 12.4. The van der Waals surface area contributed by atoms with Crippen LogP contribution in [0.25, 0.3) is 0 Å². The first kappa shape index (κ1) is 48.5. The summed E-state index contributed by atoms with van der Waals surface area (Å²) in [6.45, 7) is 3.66. The molecule has 9 heteroatoms. The molecule has 0 aromatic rings. The van der Waals surface area contributed by atoms with E-state index in [1.54, 1.807) is 0 Å². The highest BCUT2D eigenvalue weighted by Crippen LogP contribution is 2.36. The van der Waals surface area contributed by atoms with Gasteiger partial charge in [0.1, 0.15) is 6.61 Å². The number of carbonyl (C=O) groups is 2. The Balaban J connectivity index is 3.90. The number of esters is 2. The summed E-state index contributed by atoms with van der Waals surface area (Å²) < 4.78 is 26.4. The van der Waals surface area contributed by atoms with Gasteiger partial charge in [0.05, 0.1) is 6.61 Å². The molecule has 1 atom stereocenters. The standard InChI is InChI=1S/C41H77O8P/c1-3-5-7-9-11-13-15-17-18-19-20-21-22-24-26-28-30-32-34-36-41(43)49-39(38-48-50(44,45)46)37-47-40(42)35-33-31-29-27-25-23-16-14-12-10-8-6-4-2/h14,16-18,39H,3-13,15,19-38H2,1-2H3,(H2,44,45,46)/b16-14+,18-17+/t39-/m1/s1. The normalized spacial score (nSPS) is 12.6. The van der Waals surface area contributed by atoms with Crippen molar-refractivity contribution in [2.45, 2.75) is 213 Å². The highest BCUT2D eigenvalue weighted by molar-refractivity contribution is 7.46. The van der Waals surface area contributed by atoms with E-state index >= 15 is 0 Å². The number of allylic oxidation sites excluding steroid dienone is 4. The number of ether oxygens (including phenoxy) is 2. The van der Waals surface area contributed by atoms with Gasteiger partial charge in [-0.05, 0) is 64.2 Å². The molecule has 2 N–H and O–H groups in total. The largest absolute Gasteiger partial charge is 0.469 e. The zero-order valence-corrected chi connectivity index (χ0v) is 33.2. The molecule has 0 aliphatic heterocycles. The fraction of sp³-hybridized carbons (Fsp3) is 0.854. The molecular weight excluding hydrogens is 651 g/mol. The van der Waals surface area contributed by atoms with E-state index in [0.29, 0.717) is 12.8 Å². The van der Waals surface area contributed by atoms with Gasteiger partial charge in [0, 0.05) is 12.8 Å². The van der Waals surface area contributed by atoms with Crippen LogP contribution in [0.5, 0.6) is 0 Å². The molecule has 0 saturated heterocycles. The molecular formula is C41H77O8P. The molecule has 0 fully saturated rings. The SMILES string of the molecule is CCCCCC/C=C/CCCCCCCC(=O)OC[C@H](COP(=O)(O)O)OC(=O)CCCCCCCCCCC/C=C/CCCCCCCC. The van der Waals surface area contributed by atoms with Gasteiger partial charge in [-0.3, -0.25) is 14.1 Å². The lowest BCUT2D eigenvalue weighted by atomic mass is 10.1. The fourth-order valence-electron chi connectivity index (χ4n) is 5.83. The van der Waals surface area contributed by atoms with Crippen LogP contribution >= 0.6 is 7.82 Å². The average molecular weight is 729 g/mol. The smallest absolute Gasteiger partial charge is 0.462 e. The van der Waals surface area contributed by atoms with Gasteiger partial charge in [-0.25, -0.2) is 4.57 Å².